The number of nitrogens with zero attached hydrogens (tertiary/aromatic N) is 2. The van der Waals surface area contributed by atoms with Crippen molar-refractivity contribution in [3.8, 4) is 17.2 Å². The topological polar surface area (TPSA) is 93.3 Å². The molecule has 1 aliphatic rings. The van der Waals surface area contributed by atoms with Gasteiger partial charge in [0, 0.05) is 31.1 Å². The molecule has 0 saturated carbocycles. The second-order valence-corrected chi connectivity index (χ2v) is 10.0. The molecule has 214 valence electrons. The third-order valence-corrected chi connectivity index (χ3v) is 7.30. The fourth-order valence-corrected chi connectivity index (χ4v) is 5.15. The second-order valence-electron chi connectivity index (χ2n) is 10.0. The summed E-state index contributed by atoms with van der Waals surface area (Å²) in [5, 5.41) is 0.875. The van der Waals surface area contributed by atoms with Crippen LogP contribution in [0.3, 0.4) is 0 Å². The van der Waals surface area contributed by atoms with Crippen LogP contribution in [0.5, 0.6) is 17.2 Å². The molecular formula is C32H35N3O6. The van der Waals surface area contributed by atoms with Crippen LogP contribution in [0.25, 0.3) is 10.9 Å². The molecule has 1 aliphatic heterocycles. The van der Waals surface area contributed by atoms with E-state index < -0.39 is 0 Å². The van der Waals surface area contributed by atoms with E-state index in [-0.39, 0.29) is 24.4 Å². The molecule has 0 spiro atoms. The number of aromatic nitrogens is 1. The molecule has 1 fully saturated rings. The zero-order valence-electron chi connectivity index (χ0n) is 23.6. The van der Waals surface area contributed by atoms with Crippen molar-refractivity contribution in [1.82, 2.24) is 14.8 Å². The van der Waals surface area contributed by atoms with Gasteiger partial charge in [-0.2, -0.15) is 0 Å². The molecule has 1 atom stereocenters. The normalized spacial score (nSPS) is 15.3. The Balaban J connectivity index is 1.38. The Hall–Kier alpha value is -4.50. The van der Waals surface area contributed by atoms with Crippen LogP contribution in [0.2, 0.25) is 0 Å². The smallest absolute Gasteiger partial charge is 0.270 e. The maximum atomic E-state index is 13.6. The Morgan fingerprint density at radius 1 is 0.878 bits per heavy atom. The van der Waals surface area contributed by atoms with E-state index >= 15 is 0 Å². The summed E-state index contributed by atoms with van der Waals surface area (Å²) in [5.74, 6) is 1.90. The third kappa shape index (κ3) is 6.63. The van der Waals surface area contributed by atoms with Gasteiger partial charge in [0.05, 0.1) is 26.9 Å². The molecule has 9 heteroatoms. The Kier molecular flexibility index (Phi) is 8.74. The van der Waals surface area contributed by atoms with Gasteiger partial charge in [-0.15, -0.1) is 0 Å². The van der Waals surface area contributed by atoms with E-state index in [9.17, 15) is 9.59 Å². The summed E-state index contributed by atoms with van der Waals surface area (Å²) in [4.78, 5) is 34.0. The van der Waals surface area contributed by atoms with Crippen molar-refractivity contribution in [2.75, 3.05) is 47.6 Å². The zero-order valence-corrected chi connectivity index (χ0v) is 23.6. The first kappa shape index (κ1) is 28.0. The molecule has 3 aromatic carbocycles. The lowest BCUT2D eigenvalue weighted by Gasteiger charge is -2.41. The minimum atomic E-state index is -0.226. The molecule has 1 aromatic heterocycles. The van der Waals surface area contributed by atoms with Gasteiger partial charge < -0.3 is 33.7 Å². The fraction of sp³-hybridized carbons (Fsp3) is 0.312. The number of amides is 2. The van der Waals surface area contributed by atoms with Crippen LogP contribution in [0.4, 0.5) is 0 Å². The molecule has 9 nitrogen and oxygen atoms in total. The summed E-state index contributed by atoms with van der Waals surface area (Å²) in [6.45, 7) is 1.81. The summed E-state index contributed by atoms with van der Waals surface area (Å²) in [6.07, 6.45) is 0.585. The summed E-state index contributed by atoms with van der Waals surface area (Å²) in [5.41, 5.74) is 3.29. The van der Waals surface area contributed by atoms with Crippen LogP contribution < -0.4 is 14.2 Å². The van der Waals surface area contributed by atoms with Gasteiger partial charge in [0.15, 0.2) is 0 Å². The largest absolute Gasteiger partial charge is 0.497 e. The molecule has 1 N–H and O–H groups in total. The number of ether oxygens (including phenoxy) is 4. The molecule has 1 saturated heterocycles. The van der Waals surface area contributed by atoms with E-state index in [1.807, 2.05) is 77.7 Å². The number of benzene rings is 3. The van der Waals surface area contributed by atoms with Crippen LogP contribution in [-0.4, -0.2) is 80.3 Å². The predicted octanol–water partition coefficient (Wildman–Crippen LogP) is 4.31. The van der Waals surface area contributed by atoms with Gasteiger partial charge in [-0.3, -0.25) is 9.59 Å². The molecule has 4 aromatic rings. The van der Waals surface area contributed by atoms with Crippen LogP contribution in [0.15, 0.2) is 72.8 Å². The van der Waals surface area contributed by atoms with E-state index in [1.54, 1.807) is 26.2 Å². The van der Waals surface area contributed by atoms with Gasteiger partial charge in [0.25, 0.3) is 5.91 Å². The zero-order chi connectivity index (χ0) is 28.8. The molecule has 5 rings (SSSR count). The van der Waals surface area contributed by atoms with E-state index in [1.165, 1.54) is 0 Å². The van der Waals surface area contributed by atoms with Crippen LogP contribution in [-0.2, 0) is 22.5 Å². The van der Waals surface area contributed by atoms with E-state index in [4.69, 9.17) is 18.9 Å². The van der Waals surface area contributed by atoms with E-state index in [2.05, 4.69) is 4.98 Å². The minimum Gasteiger partial charge on any atom is -0.497 e. The van der Waals surface area contributed by atoms with Crippen molar-refractivity contribution >= 4 is 22.7 Å². The fourth-order valence-electron chi connectivity index (χ4n) is 5.15. The van der Waals surface area contributed by atoms with Gasteiger partial charge in [-0.05, 0) is 66.1 Å². The van der Waals surface area contributed by atoms with Crippen molar-refractivity contribution < 1.29 is 28.5 Å². The predicted molar refractivity (Wildman–Crippen MR) is 156 cm³/mol. The number of nitrogens with one attached hydrogen (secondary N) is 1. The molecule has 41 heavy (non-hydrogen) atoms. The number of fused-ring (bicyclic) bond motifs is 1. The summed E-state index contributed by atoms with van der Waals surface area (Å²) >= 11 is 0. The van der Waals surface area contributed by atoms with Crippen LogP contribution >= 0.6 is 0 Å². The quantitative estimate of drug-likeness (QED) is 0.277. The number of aromatic amines is 1. The number of H-pyrrole nitrogens is 1. The highest BCUT2D eigenvalue weighted by molar-refractivity contribution is 6.00. The average Bonchev–Trinajstić information content (AvgIpc) is 3.43. The van der Waals surface area contributed by atoms with Crippen molar-refractivity contribution in [2.24, 2.45) is 0 Å². The lowest BCUT2D eigenvalue weighted by Crippen LogP contribution is -2.58. The van der Waals surface area contributed by atoms with E-state index in [0.29, 0.717) is 44.2 Å². The first-order valence-electron chi connectivity index (χ1n) is 13.6. The van der Waals surface area contributed by atoms with E-state index in [0.717, 1.165) is 33.5 Å². The van der Waals surface area contributed by atoms with Gasteiger partial charge in [0.1, 0.15) is 36.1 Å². The van der Waals surface area contributed by atoms with Crippen molar-refractivity contribution in [1.29, 1.82) is 0 Å². The average molecular weight is 558 g/mol. The monoisotopic (exact) mass is 557 g/mol. The number of methoxy groups -OCH3 is 3. The molecular weight excluding hydrogens is 522 g/mol. The summed E-state index contributed by atoms with van der Waals surface area (Å²) < 4.78 is 21.5. The Morgan fingerprint density at radius 3 is 2.39 bits per heavy atom. The number of piperazine rings is 1. The summed E-state index contributed by atoms with van der Waals surface area (Å²) in [7, 11) is 4.87. The Morgan fingerprint density at radius 2 is 1.63 bits per heavy atom. The Bertz CT molecular complexity index is 1500. The number of rotatable bonds is 11. The number of carbonyl (C=O) groups is 2. The standard InChI is InChI=1S/C32H35N3O6/c1-38-13-14-41-26-9-7-22(8-10-26)15-25-20-34(21-31(36)35(25)19-23-5-4-6-27(16-23)39-2)32(37)30-18-24-17-28(40-3)11-12-29(24)33-30/h4-12,16-18,25,33H,13-15,19-21H2,1-3H3/t25-/m0/s1. The highest BCUT2D eigenvalue weighted by atomic mass is 16.5. The van der Waals surface area contributed by atoms with Crippen molar-refractivity contribution in [3.63, 3.8) is 0 Å². The lowest BCUT2D eigenvalue weighted by molar-refractivity contribution is -0.139. The van der Waals surface area contributed by atoms with Crippen LogP contribution in [0.1, 0.15) is 21.6 Å². The number of hydrogen-bond acceptors (Lipinski definition) is 6. The lowest BCUT2D eigenvalue weighted by atomic mass is 10.00. The van der Waals surface area contributed by atoms with Crippen LogP contribution in [0, 0.1) is 0 Å². The van der Waals surface area contributed by atoms with Crippen molar-refractivity contribution in [3.05, 3.63) is 89.6 Å². The van der Waals surface area contributed by atoms with Gasteiger partial charge >= 0.3 is 0 Å². The number of hydrogen-bond donors (Lipinski definition) is 1. The molecule has 2 amide bonds. The molecule has 0 radical (unpaired) electrons. The SMILES string of the molecule is COCCOc1ccc(C[C@H]2CN(C(=O)c3cc4cc(OC)ccc4[nH]3)CC(=O)N2Cc2cccc(OC)c2)cc1. The molecule has 0 aliphatic carbocycles. The molecule has 0 bridgehead atoms. The summed E-state index contributed by atoms with van der Waals surface area (Å²) in [6, 6.07) is 22.8. The maximum absolute atomic E-state index is 13.6. The van der Waals surface area contributed by atoms with Gasteiger partial charge in [-0.1, -0.05) is 24.3 Å². The molecule has 0 unspecified atom stereocenters. The van der Waals surface area contributed by atoms with Gasteiger partial charge in [-0.25, -0.2) is 0 Å². The highest BCUT2D eigenvalue weighted by Crippen LogP contribution is 2.25. The van der Waals surface area contributed by atoms with Gasteiger partial charge in [0.2, 0.25) is 5.91 Å². The molecule has 2 heterocycles. The number of carbonyl (C=O) groups excluding carboxylic acids is 2. The first-order chi connectivity index (χ1) is 20.0. The maximum Gasteiger partial charge on any atom is 0.270 e. The second kappa shape index (κ2) is 12.8. The Labute approximate surface area is 239 Å². The minimum absolute atomic E-state index is 0.00423. The van der Waals surface area contributed by atoms with Crippen molar-refractivity contribution in [2.45, 2.75) is 19.0 Å². The third-order valence-electron chi connectivity index (χ3n) is 7.30. The first-order valence-corrected chi connectivity index (χ1v) is 13.6. The highest BCUT2D eigenvalue weighted by Gasteiger charge is 2.35.